The van der Waals surface area contributed by atoms with E-state index in [2.05, 4.69) is 64.8 Å². The van der Waals surface area contributed by atoms with E-state index in [-0.39, 0.29) is 6.10 Å². The van der Waals surface area contributed by atoms with Gasteiger partial charge in [0.2, 0.25) is 0 Å². The van der Waals surface area contributed by atoms with E-state index in [0.717, 1.165) is 0 Å². The van der Waals surface area contributed by atoms with Gasteiger partial charge >= 0.3 is 0 Å². The van der Waals surface area contributed by atoms with E-state index >= 15 is 0 Å². The molecule has 1 aliphatic heterocycles. The predicted octanol–water partition coefficient (Wildman–Crippen LogP) is 4.36. The molecule has 0 amide bonds. The van der Waals surface area contributed by atoms with Crippen molar-refractivity contribution in [3.05, 3.63) is 0 Å². The van der Waals surface area contributed by atoms with Crippen LogP contribution in [0.15, 0.2) is 0 Å². The summed E-state index contributed by atoms with van der Waals surface area (Å²) in [5, 5.41) is 0. The fourth-order valence-electron chi connectivity index (χ4n) is 3.45. The van der Waals surface area contributed by atoms with Crippen LogP contribution in [0.3, 0.4) is 0 Å². The third-order valence-electron chi connectivity index (χ3n) is 4.45. The molecule has 1 atom stereocenters. The molecule has 0 radical (unpaired) electrons. The van der Waals surface area contributed by atoms with Crippen molar-refractivity contribution in [1.29, 1.82) is 0 Å². The van der Waals surface area contributed by atoms with Crippen LogP contribution in [0.2, 0.25) is 16.6 Å². The maximum absolute atomic E-state index is 5.67. The van der Waals surface area contributed by atoms with Crippen LogP contribution in [0.25, 0.3) is 0 Å². The van der Waals surface area contributed by atoms with Crippen molar-refractivity contribution < 1.29 is 9.47 Å². The first-order chi connectivity index (χ1) is 9.62. The Kier molecular flexibility index (Phi) is 6.11. The Morgan fingerprint density at radius 3 is 1.86 bits per heavy atom. The summed E-state index contributed by atoms with van der Waals surface area (Å²) >= 11 is 0. The lowest BCUT2D eigenvalue weighted by Crippen LogP contribution is -2.43. The maximum Gasteiger partial charge on any atom is 0.164 e. The lowest BCUT2D eigenvalue weighted by molar-refractivity contribution is -0.132. The van der Waals surface area contributed by atoms with Crippen LogP contribution < -0.4 is 0 Å². The molecule has 1 aliphatic rings. The van der Waals surface area contributed by atoms with Crippen LogP contribution in [0, 0.1) is 23.3 Å². The number of hydrogen-bond donors (Lipinski definition) is 0. The second kappa shape index (κ2) is 7.01. The normalized spacial score (nSPS) is 21.2. The predicted molar refractivity (Wildman–Crippen MR) is 91.5 cm³/mol. The summed E-state index contributed by atoms with van der Waals surface area (Å²) in [7, 11) is -1.67. The molecule has 0 aliphatic carbocycles. The highest BCUT2D eigenvalue weighted by molar-refractivity contribution is 6.90. The molecule has 0 aromatic heterocycles. The zero-order chi connectivity index (χ0) is 16.3. The van der Waals surface area contributed by atoms with Crippen molar-refractivity contribution in [2.45, 2.75) is 83.9 Å². The van der Waals surface area contributed by atoms with E-state index in [9.17, 15) is 0 Å². The Hall–Kier alpha value is -0.743. The molecule has 1 fully saturated rings. The molecule has 0 unspecified atom stereocenters. The van der Waals surface area contributed by atoms with Gasteiger partial charge in [0.15, 0.2) is 5.79 Å². The quantitative estimate of drug-likeness (QED) is 0.569. The summed E-state index contributed by atoms with van der Waals surface area (Å²) in [6, 6.07) is 0. The first kappa shape index (κ1) is 18.3. The molecule has 2 nitrogen and oxygen atoms in total. The summed E-state index contributed by atoms with van der Waals surface area (Å²) < 4.78 is 11.2. The van der Waals surface area contributed by atoms with Gasteiger partial charge in [0, 0.05) is 0 Å². The Bertz CT molecular complexity index is 447. The zero-order valence-corrected chi connectivity index (χ0v) is 15.8. The minimum Gasteiger partial charge on any atom is -0.347 e. The molecule has 1 saturated heterocycles. The van der Waals surface area contributed by atoms with Crippen LogP contribution >= 0.6 is 0 Å². The Balaban J connectivity index is 2.89. The Morgan fingerprint density at radius 1 is 0.952 bits per heavy atom. The summed E-state index contributed by atoms with van der Waals surface area (Å²) in [6.45, 7) is 18.2. The minimum atomic E-state index is -1.67. The lowest BCUT2D eigenvalue weighted by Gasteiger charge is -2.37. The minimum absolute atomic E-state index is 0.150. The molecule has 0 N–H and O–H groups in total. The average molecular weight is 307 g/mol. The molecule has 1 heterocycles. The first-order valence-corrected chi connectivity index (χ1v) is 10.2. The van der Waals surface area contributed by atoms with Crippen molar-refractivity contribution in [3.8, 4) is 23.3 Å². The molecular formula is C18H30O2Si. The smallest absolute Gasteiger partial charge is 0.164 e. The van der Waals surface area contributed by atoms with Gasteiger partial charge in [-0.2, -0.15) is 0 Å². The van der Waals surface area contributed by atoms with Gasteiger partial charge in [-0.25, -0.2) is 0 Å². The average Bonchev–Trinajstić information content (AvgIpc) is 2.67. The second-order valence-electron chi connectivity index (χ2n) is 7.23. The van der Waals surface area contributed by atoms with Crippen LogP contribution in [0.4, 0.5) is 0 Å². The van der Waals surface area contributed by atoms with E-state index in [1.807, 2.05) is 13.8 Å². The molecular weight excluding hydrogens is 276 g/mol. The van der Waals surface area contributed by atoms with Crippen molar-refractivity contribution in [1.82, 2.24) is 0 Å². The van der Waals surface area contributed by atoms with Gasteiger partial charge in [0.05, 0.1) is 6.61 Å². The van der Waals surface area contributed by atoms with E-state index in [4.69, 9.17) is 9.47 Å². The number of ether oxygens (including phenoxy) is 2. The monoisotopic (exact) mass is 306 g/mol. The van der Waals surface area contributed by atoms with Crippen molar-refractivity contribution >= 4 is 8.07 Å². The Labute approximate surface area is 132 Å². The largest absolute Gasteiger partial charge is 0.347 e. The fraction of sp³-hybridized carbons (Fsp3) is 0.778. The van der Waals surface area contributed by atoms with Gasteiger partial charge in [-0.05, 0) is 42.3 Å². The fourth-order valence-corrected chi connectivity index (χ4v) is 8.59. The van der Waals surface area contributed by atoms with Crippen molar-refractivity contribution in [2.24, 2.45) is 0 Å². The zero-order valence-electron chi connectivity index (χ0n) is 14.8. The summed E-state index contributed by atoms with van der Waals surface area (Å²) in [5.41, 5.74) is 5.50. The summed E-state index contributed by atoms with van der Waals surface area (Å²) in [4.78, 5) is 0. The van der Waals surface area contributed by atoms with Crippen LogP contribution in [-0.2, 0) is 9.47 Å². The van der Waals surface area contributed by atoms with Gasteiger partial charge in [0.25, 0.3) is 0 Å². The first-order valence-electron chi connectivity index (χ1n) is 7.96. The lowest BCUT2D eigenvalue weighted by atomic mass is 10.4. The Morgan fingerprint density at radius 2 is 1.48 bits per heavy atom. The molecule has 0 aromatic carbocycles. The molecule has 3 heteroatoms. The van der Waals surface area contributed by atoms with Crippen molar-refractivity contribution in [2.75, 3.05) is 6.61 Å². The molecule has 0 saturated carbocycles. The van der Waals surface area contributed by atoms with Crippen LogP contribution in [0.1, 0.15) is 55.4 Å². The highest BCUT2D eigenvalue weighted by Crippen LogP contribution is 2.40. The SMILES string of the molecule is CC(C)[Si](C#CC#C[C@H]1COC(C)(C)O1)(C(C)C)C(C)C. The second-order valence-corrected chi connectivity index (χ2v) is 12.8. The third-order valence-corrected chi connectivity index (χ3v) is 10.7. The molecule has 118 valence electrons. The van der Waals surface area contributed by atoms with E-state index in [0.29, 0.717) is 23.2 Å². The topological polar surface area (TPSA) is 18.5 Å². The molecule has 0 bridgehead atoms. The highest BCUT2D eigenvalue weighted by Gasteiger charge is 2.41. The molecule has 1 rings (SSSR count). The van der Waals surface area contributed by atoms with Gasteiger partial charge in [-0.3, -0.25) is 0 Å². The summed E-state index contributed by atoms with van der Waals surface area (Å²) in [6.07, 6.45) is -0.150. The number of rotatable bonds is 3. The molecule has 21 heavy (non-hydrogen) atoms. The van der Waals surface area contributed by atoms with Crippen molar-refractivity contribution in [3.63, 3.8) is 0 Å². The number of hydrogen-bond acceptors (Lipinski definition) is 2. The van der Waals surface area contributed by atoms with E-state index in [1.165, 1.54) is 0 Å². The van der Waals surface area contributed by atoms with Gasteiger partial charge < -0.3 is 9.47 Å². The summed E-state index contributed by atoms with van der Waals surface area (Å²) in [5.74, 6) is 8.71. The molecule has 0 spiro atoms. The van der Waals surface area contributed by atoms with Crippen LogP contribution in [-0.4, -0.2) is 26.6 Å². The molecule has 0 aromatic rings. The van der Waals surface area contributed by atoms with E-state index < -0.39 is 13.9 Å². The van der Waals surface area contributed by atoms with Gasteiger partial charge in [-0.1, -0.05) is 47.5 Å². The maximum atomic E-state index is 5.67. The highest BCUT2D eigenvalue weighted by atomic mass is 28.3. The standard InChI is InChI=1S/C18H30O2Si/c1-14(2)21(15(3)4,16(5)6)12-10-9-11-17-13-19-18(7,8)20-17/h14-17H,13H2,1-8H3/t17-/m0/s1. The van der Waals surface area contributed by atoms with Gasteiger partial charge in [-0.15, -0.1) is 5.54 Å². The van der Waals surface area contributed by atoms with Gasteiger partial charge in [0.1, 0.15) is 14.2 Å². The van der Waals surface area contributed by atoms with Crippen LogP contribution in [0.5, 0.6) is 0 Å². The van der Waals surface area contributed by atoms with E-state index in [1.54, 1.807) is 0 Å². The third kappa shape index (κ3) is 4.36.